The zero-order valence-corrected chi connectivity index (χ0v) is 12.8. The highest BCUT2D eigenvalue weighted by atomic mass is 15.3. The molecule has 1 aliphatic rings. The van der Waals surface area contributed by atoms with Crippen molar-refractivity contribution in [3.05, 3.63) is 35.9 Å². The zero-order valence-electron chi connectivity index (χ0n) is 12.8. The van der Waals surface area contributed by atoms with Crippen molar-refractivity contribution in [2.24, 2.45) is 0 Å². The molecule has 2 rings (SSSR count). The number of nitrogens with zero attached hydrogens (tertiary/aromatic N) is 1. The van der Waals surface area contributed by atoms with Crippen LogP contribution in [0.15, 0.2) is 30.3 Å². The monoisotopic (exact) mass is 260 g/mol. The summed E-state index contributed by atoms with van der Waals surface area (Å²) in [4.78, 5) is 2.71. The van der Waals surface area contributed by atoms with Crippen molar-refractivity contribution in [1.29, 1.82) is 0 Å². The summed E-state index contributed by atoms with van der Waals surface area (Å²) in [5, 5.41) is 3.77. The zero-order chi connectivity index (χ0) is 13.9. The van der Waals surface area contributed by atoms with E-state index in [0.29, 0.717) is 17.6 Å². The number of rotatable bonds is 4. The third-order valence-electron chi connectivity index (χ3n) is 4.81. The average Bonchev–Trinajstić information content (AvgIpc) is 2.47. The molecule has 2 nitrogen and oxygen atoms in total. The van der Waals surface area contributed by atoms with Gasteiger partial charge in [0.05, 0.1) is 0 Å². The Kier molecular flexibility index (Phi) is 4.64. The quantitative estimate of drug-likeness (QED) is 0.890. The van der Waals surface area contributed by atoms with E-state index in [4.69, 9.17) is 0 Å². The van der Waals surface area contributed by atoms with Crippen LogP contribution < -0.4 is 5.32 Å². The van der Waals surface area contributed by atoms with Crippen molar-refractivity contribution in [3.8, 4) is 0 Å². The minimum absolute atomic E-state index is 0.333. The van der Waals surface area contributed by atoms with E-state index in [2.05, 4.69) is 68.2 Å². The molecule has 1 aliphatic heterocycles. The molecule has 19 heavy (non-hydrogen) atoms. The molecule has 1 aromatic rings. The van der Waals surface area contributed by atoms with Crippen molar-refractivity contribution in [3.63, 3.8) is 0 Å². The maximum absolute atomic E-state index is 3.77. The Morgan fingerprint density at radius 3 is 2.37 bits per heavy atom. The van der Waals surface area contributed by atoms with Crippen molar-refractivity contribution in [2.45, 2.75) is 58.2 Å². The van der Waals surface area contributed by atoms with E-state index in [-0.39, 0.29) is 0 Å². The van der Waals surface area contributed by atoms with Crippen molar-refractivity contribution >= 4 is 0 Å². The van der Waals surface area contributed by atoms with E-state index in [1.54, 1.807) is 0 Å². The predicted molar refractivity (Wildman–Crippen MR) is 82.3 cm³/mol. The highest BCUT2D eigenvalue weighted by Crippen LogP contribution is 2.32. The lowest BCUT2D eigenvalue weighted by atomic mass is 9.85. The van der Waals surface area contributed by atoms with E-state index in [9.17, 15) is 0 Å². The predicted octanol–water partition coefficient (Wildman–Crippen LogP) is 3.60. The Balaban J connectivity index is 2.20. The topological polar surface area (TPSA) is 15.3 Å². The van der Waals surface area contributed by atoms with Gasteiger partial charge in [0, 0.05) is 30.7 Å². The summed E-state index contributed by atoms with van der Waals surface area (Å²) < 4.78 is 0. The van der Waals surface area contributed by atoms with Crippen LogP contribution in [0.25, 0.3) is 0 Å². The SMILES string of the molecule is CCC1(CC)CNC(c2ccccc2)CN1C(C)C. The summed E-state index contributed by atoms with van der Waals surface area (Å²) >= 11 is 0. The van der Waals surface area contributed by atoms with Crippen LogP contribution >= 0.6 is 0 Å². The van der Waals surface area contributed by atoms with Crippen molar-refractivity contribution in [1.82, 2.24) is 10.2 Å². The molecule has 0 amide bonds. The normalized spacial score (nSPS) is 23.7. The standard InChI is InChI=1S/C17H28N2/c1-5-17(6-2)13-18-16(12-19(17)14(3)4)15-10-8-7-9-11-15/h7-11,14,16,18H,5-6,12-13H2,1-4H3. The van der Waals surface area contributed by atoms with E-state index in [1.807, 2.05) is 0 Å². The molecule has 1 atom stereocenters. The first-order valence-electron chi connectivity index (χ1n) is 7.68. The van der Waals surface area contributed by atoms with Crippen LogP contribution in [0.2, 0.25) is 0 Å². The smallest absolute Gasteiger partial charge is 0.0450 e. The van der Waals surface area contributed by atoms with Crippen LogP contribution in [0.4, 0.5) is 0 Å². The lowest BCUT2D eigenvalue weighted by molar-refractivity contribution is 0.00590. The first-order valence-corrected chi connectivity index (χ1v) is 7.68. The third-order valence-corrected chi connectivity index (χ3v) is 4.81. The van der Waals surface area contributed by atoms with Crippen molar-refractivity contribution in [2.75, 3.05) is 13.1 Å². The van der Waals surface area contributed by atoms with Crippen LogP contribution in [0.5, 0.6) is 0 Å². The molecular weight excluding hydrogens is 232 g/mol. The van der Waals surface area contributed by atoms with Crippen LogP contribution in [0.1, 0.15) is 52.1 Å². The fourth-order valence-corrected chi connectivity index (χ4v) is 3.44. The molecule has 0 bridgehead atoms. The van der Waals surface area contributed by atoms with E-state index >= 15 is 0 Å². The molecule has 1 unspecified atom stereocenters. The molecule has 106 valence electrons. The lowest BCUT2D eigenvalue weighted by Crippen LogP contribution is -2.63. The highest BCUT2D eigenvalue weighted by molar-refractivity contribution is 5.21. The molecule has 1 saturated heterocycles. The minimum Gasteiger partial charge on any atom is -0.307 e. The van der Waals surface area contributed by atoms with Gasteiger partial charge < -0.3 is 5.32 Å². The molecule has 0 spiro atoms. The maximum Gasteiger partial charge on any atom is 0.0450 e. The molecule has 2 heteroatoms. The number of piperazine rings is 1. The second-order valence-corrected chi connectivity index (χ2v) is 6.02. The fraction of sp³-hybridized carbons (Fsp3) is 0.647. The summed E-state index contributed by atoms with van der Waals surface area (Å²) in [6.45, 7) is 11.5. The number of hydrogen-bond donors (Lipinski definition) is 1. The number of benzene rings is 1. The summed E-state index contributed by atoms with van der Waals surface area (Å²) in [5.74, 6) is 0. The van der Waals surface area contributed by atoms with Crippen LogP contribution in [0.3, 0.4) is 0 Å². The Morgan fingerprint density at radius 1 is 1.21 bits per heavy atom. The Bertz CT molecular complexity index is 382. The van der Waals surface area contributed by atoms with E-state index in [1.165, 1.54) is 18.4 Å². The van der Waals surface area contributed by atoms with Crippen LogP contribution in [-0.4, -0.2) is 29.6 Å². The van der Waals surface area contributed by atoms with Gasteiger partial charge in [-0.15, -0.1) is 0 Å². The number of nitrogens with one attached hydrogen (secondary N) is 1. The van der Waals surface area contributed by atoms with Gasteiger partial charge >= 0.3 is 0 Å². The third kappa shape index (κ3) is 2.85. The Labute approximate surface area is 118 Å². The fourth-order valence-electron chi connectivity index (χ4n) is 3.44. The van der Waals surface area contributed by atoms with Gasteiger partial charge in [-0.2, -0.15) is 0 Å². The van der Waals surface area contributed by atoms with E-state index < -0.39 is 0 Å². The van der Waals surface area contributed by atoms with Gasteiger partial charge in [-0.1, -0.05) is 44.2 Å². The molecule has 1 N–H and O–H groups in total. The molecule has 0 saturated carbocycles. The summed E-state index contributed by atoms with van der Waals surface area (Å²) in [6.07, 6.45) is 2.44. The first-order chi connectivity index (χ1) is 9.13. The molecule has 0 aliphatic carbocycles. The molecular formula is C17H28N2. The van der Waals surface area contributed by atoms with Gasteiger partial charge in [0.2, 0.25) is 0 Å². The summed E-state index contributed by atoms with van der Waals surface area (Å²) in [5.41, 5.74) is 1.74. The minimum atomic E-state index is 0.333. The Morgan fingerprint density at radius 2 is 1.84 bits per heavy atom. The van der Waals surface area contributed by atoms with Gasteiger partial charge in [0.15, 0.2) is 0 Å². The van der Waals surface area contributed by atoms with Gasteiger partial charge in [0.25, 0.3) is 0 Å². The van der Waals surface area contributed by atoms with Gasteiger partial charge in [-0.05, 0) is 32.3 Å². The van der Waals surface area contributed by atoms with Gasteiger partial charge in [-0.3, -0.25) is 4.90 Å². The first kappa shape index (κ1) is 14.5. The van der Waals surface area contributed by atoms with E-state index in [0.717, 1.165) is 13.1 Å². The average molecular weight is 260 g/mol. The van der Waals surface area contributed by atoms with Crippen LogP contribution in [0, 0.1) is 0 Å². The second-order valence-electron chi connectivity index (χ2n) is 6.02. The summed E-state index contributed by atoms with van der Waals surface area (Å²) in [6, 6.07) is 11.9. The second kappa shape index (κ2) is 6.06. The van der Waals surface area contributed by atoms with Crippen molar-refractivity contribution < 1.29 is 0 Å². The lowest BCUT2D eigenvalue weighted by Gasteiger charge is -2.51. The van der Waals surface area contributed by atoms with Crippen LogP contribution in [-0.2, 0) is 0 Å². The highest BCUT2D eigenvalue weighted by Gasteiger charge is 2.40. The molecule has 1 aromatic carbocycles. The van der Waals surface area contributed by atoms with Gasteiger partial charge in [-0.25, -0.2) is 0 Å². The largest absolute Gasteiger partial charge is 0.307 e. The molecule has 0 radical (unpaired) electrons. The van der Waals surface area contributed by atoms with Gasteiger partial charge in [0.1, 0.15) is 0 Å². The maximum atomic E-state index is 3.77. The number of hydrogen-bond acceptors (Lipinski definition) is 2. The molecule has 1 fully saturated rings. The Hall–Kier alpha value is -0.860. The summed E-state index contributed by atoms with van der Waals surface area (Å²) in [7, 11) is 0. The molecule has 0 aromatic heterocycles. The molecule has 1 heterocycles.